The van der Waals surface area contributed by atoms with Crippen LogP contribution in [0.4, 0.5) is 0 Å². The molecule has 0 radical (unpaired) electrons. The first-order chi connectivity index (χ1) is 8.61. The molecule has 0 saturated heterocycles. The molecule has 1 aromatic carbocycles. The highest BCUT2D eigenvalue weighted by Gasteiger charge is 2.09. The number of phenolic OH excluding ortho intramolecular Hbond substituents is 1. The Labute approximate surface area is 113 Å². The second-order valence-corrected chi connectivity index (χ2v) is 4.37. The summed E-state index contributed by atoms with van der Waals surface area (Å²) in [7, 11) is 1.51. The first-order valence-electron chi connectivity index (χ1n) is 5.14. The van der Waals surface area contributed by atoms with Crippen molar-refractivity contribution in [1.82, 2.24) is 9.97 Å². The van der Waals surface area contributed by atoms with Crippen LogP contribution in [0.5, 0.6) is 23.4 Å². The number of methoxy groups -OCH3 is 1. The van der Waals surface area contributed by atoms with Gasteiger partial charge in [0, 0.05) is 5.56 Å². The van der Waals surface area contributed by atoms with Crippen molar-refractivity contribution in [3.8, 4) is 23.4 Å². The zero-order chi connectivity index (χ0) is 13.1. The summed E-state index contributed by atoms with van der Waals surface area (Å²) in [5, 5.41) is 9.57. The molecule has 1 aromatic heterocycles. The quantitative estimate of drug-likeness (QED) is 0.944. The average Bonchev–Trinajstić information content (AvgIpc) is 2.37. The highest BCUT2D eigenvalue weighted by atomic mass is 79.9. The van der Waals surface area contributed by atoms with E-state index in [1.807, 2.05) is 0 Å². The van der Waals surface area contributed by atoms with Gasteiger partial charge in [-0.25, -0.2) is 4.98 Å². The van der Waals surface area contributed by atoms with E-state index in [9.17, 15) is 5.11 Å². The lowest BCUT2D eigenvalue weighted by molar-refractivity contribution is 0.372. The number of phenols is 1. The molecule has 2 rings (SSSR count). The summed E-state index contributed by atoms with van der Waals surface area (Å²) in [6, 6.07) is 5.16. The molecule has 5 nitrogen and oxygen atoms in total. The zero-order valence-electron chi connectivity index (χ0n) is 9.85. The molecular weight excluding hydrogens is 300 g/mol. The van der Waals surface area contributed by atoms with Crippen LogP contribution in [0.3, 0.4) is 0 Å². The summed E-state index contributed by atoms with van der Waals surface area (Å²) in [5.41, 5.74) is 0.628. The molecule has 6 heteroatoms. The van der Waals surface area contributed by atoms with E-state index in [1.165, 1.54) is 7.11 Å². The lowest BCUT2D eigenvalue weighted by Gasteiger charge is -2.09. The number of halogens is 1. The topological polar surface area (TPSA) is 64.5 Å². The molecule has 1 N–H and O–H groups in total. The predicted molar refractivity (Wildman–Crippen MR) is 69.2 cm³/mol. The number of ether oxygens (including phenoxy) is 2. The standard InChI is InChI=1S/C12H11BrN2O3/c1-7-9(16)4-3-5-10(7)18-12-14-6-8(13)11(15-12)17-2/h3-6,16H,1-2H3. The molecule has 0 amide bonds. The average molecular weight is 311 g/mol. The van der Waals surface area contributed by atoms with Gasteiger partial charge in [0.1, 0.15) is 11.5 Å². The van der Waals surface area contributed by atoms with Crippen molar-refractivity contribution in [3.63, 3.8) is 0 Å². The van der Waals surface area contributed by atoms with Gasteiger partial charge in [-0.2, -0.15) is 4.98 Å². The van der Waals surface area contributed by atoms with Crippen LogP contribution < -0.4 is 9.47 Å². The SMILES string of the molecule is COc1nc(Oc2cccc(O)c2C)ncc1Br. The molecule has 0 unspecified atom stereocenters. The summed E-state index contributed by atoms with van der Waals surface area (Å²) < 4.78 is 11.2. The van der Waals surface area contributed by atoms with Crippen LogP contribution in [-0.2, 0) is 0 Å². The smallest absolute Gasteiger partial charge is 0.325 e. The van der Waals surface area contributed by atoms with Crippen molar-refractivity contribution in [2.24, 2.45) is 0 Å². The van der Waals surface area contributed by atoms with Gasteiger partial charge in [0.15, 0.2) is 0 Å². The lowest BCUT2D eigenvalue weighted by Crippen LogP contribution is -1.96. The van der Waals surface area contributed by atoms with Crippen molar-refractivity contribution in [1.29, 1.82) is 0 Å². The summed E-state index contributed by atoms with van der Waals surface area (Å²) in [5.74, 6) is 1.05. The highest BCUT2D eigenvalue weighted by molar-refractivity contribution is 9.10. The third-order valence-electron chi connectivity index (χ3n) is 2.34. The maximum absolute atomic E-state index is 9.57. The first kappa shape index (κ1) is 12.6. The number of rotatable bonds is 3. The van der Waals surface area contributed by atoms with Gasteiger partial charge in [-0.1, -0.05) is 6.07 Å². The number of hydrogen-bond donors (Lipinski definition) is 1. The molecule has 0 atom stereocenters. The Morgan fingerprint density at radius 3 is 2.83 bits per heavy atom. The van der Waals surface area contributed by atoms with Gasteiger partial charge in [0.25, 0.3) is 0 Å². The maximum Gasteiger partial charge on any atom is 0.325 e. The van der Waals surface area contributed by atoms with Crippen LogP contribution in [-0.4, -0.2) is 22.2 Å². The fourth-order valence-electron chi connectivity index (χ4n) is 1.34. The Hall–Kier alpha value is -1.82. The van der Waals surface area contributed by atoms with Gasteiger partial charge in [-0.05, 0) is 35.0 Å². The van der Waals surface area contributed by atoms with Crippen LogP contribution in [0.15, 0.2) is 28.9 Å². The monoisotopic (exact) mass is 310 g/mol. The second kappa shape index (κ2) is 5.22. The molecule has 0 saturated carbocycles. The van der Waals surface area contributed by atoms with Crippen molar-refractivity contribution < 1.29 is 14.6 Å². The summed E-state index contributed by atoms with van der Waals surface area (Å²) in [4.78, 5) is 8.08. The molecule has 0 aliphatic heterocycles. The third-order valence-corrected chi connectivity index (χ3v) is 2.88. The summed E-state index contributed by atoms with van der Waals surface area (Å²) in [6.45, 7) is 1.75. The van der Waals surface area contributed by atoms with Crippen molar-refractivity contribution in [2.45, 2.75) is 6.92 Å². The minimum atomic E-state index is 0.156. The van der Waals surface area contributed by atoms with E-state index < -0.39 is 0 Å². The molecule has 0 bridgehead atoms. The van der Waals surface area contributed by atoms with E-state index >= 15 is 0 Å². The fraction of sp³-hybridized carbons (Fsp3) is 0.167. The van der Waals surface area contributed by atoms with Gasteiger partial charge in [0.05, 0.1) is 17.8 Å². The zero-order valence-corrected chi connectivity index (χ0v) is 11.4. The number of benzene rings is 1. The molecule has 0 aliphatic carbocycles. The third kappa shape index (κ3) is 2.53. The molecule has 0 spiro atoms. The van der Waals surface area contributed by atoms with E-state index in [2.05, 4.69) is 25.9 Å². The molecular formula is C12H11BrN2O3. The van der Waals surface area contributed by atoms with E-state index in [1.54, 1.807) is 31.3 Å². The minimum Gasteiger partial charge on any atom is -0.508 e. The van der Waals surface area contributed by atoms with Crippen molar-refractivity contribution in [2.75, 3.05) is 7.11 Å². The molecule has 1 heterocycles. The number of aromatic hydroxyl groups is 1. The van der Waals surface area contributed by atoms with E-state index in [4.69, 9.17) is 9.47 Å². The van der Waals surface area contributed by atoms with Crippen LogP contribution in [0.2, 0.25) is 0 Å². The Bertz CT molecular complexity index is 575. The Balaban J connectivity index is 2.31. The molecule has 0 aliphatic rings. The largest absolute Gasteiger partial charge is 0.508 e. The molecule has 18 heavy (non-hydrogen) atoms. The van der Waals surface area contributed by atoms with Crippen LogP contribution in [0.25, 0.3) is 0 Å². The Morgan fingerprint density at radius 2 is 2.11 bits per heavy atom. The van der Waals surface area contributed by atoms with E-state index in [0.717, 1.165) is 0 Å². The number of hydrogen-bond acceptors (Lipinski definition) is 5. The van der Waals surface area contributed by atoms with Crippen molar-refractivity contribution >= 4 is 15.9 Å². The van der Waals surface area contributed by atoms with Crippen molar-refractivity contribution in [3.05, 3.63) is 34.4 Å². The molecule has 0 fully saturated rings. The maximum atomic E-state index is 9.57. The van der Waals surface area contributed by atoms with Gasteiger partial charge in [0.2, 0.25) is 5.88 Å². The summed E-state index contributed by atoms with van der Waals surface area (Å²) >= 11 is 3.26. The van der Waals surface area contributed by atoms with Gasteiger partial charge < -0.3 is 14.6 Å². The molecule has 2 aromatic rings. The lowest BCUT2D eigenvalue weighted by atomic mass is 10.2. The van der Waals surface area contributed by atoms with Crippen LogP contribution in [0, 0.1) is 6.92 Å². The van der Waals surface area contributed by atoms with E-state index in [0.29, 0.717) is 21.7 Å². The predicted octanol–water partition coefficient (Wildman–Crippen LogP) is 3.05. The normalized spacial score (nSPS) is 10.2. The summed E-state index contributed by atoms with van der Waals surface area (Å²) in [6.07, 6.45) is 1.54. The number of aromatic nitrogens is 2. The Kier molecular flexibility index (Phi) is 3.66. The fourth-order valence-corrected chi connectivity index (χ4v) is 1.69. The highest BCUT2D eigenvalue weighted by Crippen LogP contribution is 2.30. The molecule has 94 valence electrons. The Morgan fingerprint density at radius 1 is 1.33 bits per heavy atom. The second-order valence-electron chi connectivity index (χ2n) is 3.51. The first-order valence-corrected chi connectivity index (χ1v) is 5.94. The minimum absolute atomic E-state index is 0.156. The van der Waals surface area contributed by atoms with Gasteiger partial charge in [-0.15, -0.1) is 0 Å². The number of nitrogens with zero attached hydrogens (tertiary/aromatic N) is 2. The van der Waals surface area contributed by atoms with Gasteiger partial charge in [-0.3, -0.25) is 0 Å². The van der Waals surface area contributed by atoms with Gasteiger partial charge >= 0.3 is 6.01 Å². The van der Waals surface area contributed by atoms with Crippen LogP contribution >= 0.6 is 15.9 Å². The van der Waals surface area contributed by atoms with E-state index in [-0.39, 0.29) is 11.8 Å². The van der Waals surface area contributed by atoms with Crippen LogP contribution in [0.1, 0.15) is 5.56 Å².